The summed E-state index contributed by atoms with van der Waals surface area (Å²) in [6.07, 6.45) is 0.298. The molecule has 0 radical (unpaired) electrons. The first kappa shape index (κ1) is 16.6. The summed E-state index contributed by atoms with van der Waals surface area (Å²) in [6, 6.07) is 6.87. The number of sulfone groups is 1. The number of rotatable bonds is 7. The Kier molecular flexibility index (Phi) is 5.80. The molecule has 0 saturated carbocycles. The van der Waals surface area contributed by atoms with Crippen molar-refractivity contribution in [2.75, 3.05) is 16.8 Å². The van der Waals surface area contributed by atoms with E-state index in [-0.39, 0.29) is 30.0 Å². The molecule has 9 heteroatoms. The Morgan fingerprint density at radius 2 is 1.95 bits per heavy atom. The molecule has 1 aromatic carbocycles. The second kappa shape index (κ2) is 7.35. The molecule has 0 aliphatic rings. The van der Waals surface area contributed by atoms with Gasteiger partial charge in [0.15, 0.2) is 9.84 Å². The van der Waals surface area contributed by atoms with Gasteiger partial charge in [-0.15, -0.1) is 0 Å². The van der Waals surface area contributed by atoms with Crippen molar-refractivity contribution in [3.63, 3.8) is 0 Å². The minimum absolute atomic E-state index is 0.114. The van der Waals surface area contributed by atoms with Gasteiger partial charge in [0.05, 0.1) is 16.7 Å². The van der Waals surface area contributed by atoms with Gasteiger partial charge in [-0.3, -0.25) is 14.9 Å². The van der Waals surface area contributed by atoms with Gasteiger partial charge in [0.2, 0.25) is 5.91 Å². The normalized spacial score (nSPS) is 10.6. The third kappa shape index (κ3) is 6.01. The number of nitrogens with zero attached hydrogens (tertiary/aromatic N) is 2. The van der Waals surface area contributed by atoms with Crippen LogP contribution in [0.15, 0.2) is 24.3 Å². The predicted molar refractivity (Wildman–Crippen MR) is 75.2 cm³/mol. The third-order valence-electron chi connectivity index (χ3n) is 2.46. The Bertz CT molecular complexity index is 661. The SMILES string of the molecule is N#CCCCS(=O)(=O)CC(=O)Nc1ccc([N+](=O)[O-])cc1. The second-order valence-corrected chi connectivity index (χ2v) is 6.39. The number of carbonyl (C=O) groups is 1. The van der Waals surface area contributed by atoms with Crippen molar-refractivity contribution in [1.29, 1.82) is 5.26 Å². The highest BCUT2D eigenvalue weighted by molar-refractivity contribution is 7.92. The number of nitro benzene ring substituents is 1. The molecule has 21 heavy (non-hydrogen) atoms. The molecule has 112 valence electrons. The maximum Gasteiger partial charge on any atom is 0.269 e. The van der Waals surface area contributed by atoms with Gasteiger partial charge in [-0.2, -0.15) is 5.26 Å². The molecule has 0 aliphatic heterocycles. The molecule has 1 amide bonds. The summed E-state index contributed by atoms with van der Waals surface area (Å²) in [6.45, 7) is 0. The fourth-order valence-corrected chi connectivity index (χ4v) is 2.71. The Morgan fingerprint density at radius 3 is 2.48 bits per heavy atom. The van der Waals surface area contributed by atoms with Crippen LogP contribution in [0.1, 0.15) is 12.8 Å². The minimum Gasteiger partial charge on any atom is -0.325 e. The number of nitrogens with one attached hydrogen (secondary N) is 1. The molecule has 0 spiro atoms. The van der Waals surface area contributed by atoms with E-state index in [1.807, 2.05) is 6.07 Å². The van der Waals surface area contributed by atoms with Crippen molar-refractivity contribution in [3.8, 4) is 6.07 Å². The first-order valence-electron chi connectivity index (χ1n) is 5.96. The lowest BCUT2D eigenvalue weighted by molar-refractivity contribution is -0.384. The lowest BCUT2D eigenvalue weighted by Gasteiger charge is -2.05. The van der Waals surface area contributed by atoms with Gasteiger partial charge in [-0.1, -0.05) is 0 Å². The van der Waals surface area contributed by atoms with Crippen LogP contribution >= 0.6 is 0 Å². The highest BCUT2D eigenvalue weighted by atomic mass is 32.2. The fraction of sp³-hybridized carbons (Fsp3) is 0.333. The number of carbonyl (C=O) groups excluding carboxylic acids is 1. The first-order chi connectivity index (χ1) is 9.84. The summed E-state index contributed by atoms with van der Waals surface area (Å²) >= 11 is 0. The molecule has 0 fully saturated rings. The van der Waals surface area contributed by atoms with E-state index in [0.29, 0.717) is 0 Å². The molecule has 0 aliphatic carbocycles. The molecule has 1 rings (SSSR count). The summed E-state index contributed by atoms with van der Waals surface area (Å²) in [5.74, 6) is -1.63. The van der Waals surface area contributed by atoms with Crippen LogP contribution in [0, 0.1) is 21.4 Å². The summed E-state index contributed by atoms with van der Waals surface area (Å²) < 4.78 is 23.2. The monoisotopic (exact) mass is 311 g/mol. The highest BCUT2D eigenvalue weighted by Crippen LogP contribution is 2.15. The molecule has 0 bridgehead atoms. The quantitative estimate of drug-likeness (QED) is 0.458. The number of nitriles is 1. The van der Waals surface area contributed by atoms with E-state index >= 15 is 0 Å². The molecule has 0 saturated heterocycles. The zero-order valence-corrected chi connectivity index (χ0v) is 11.8. The topological polar surface area (TPSA) is 130 Å². The molecule has 0 aromatic heterocycles. The number of hydrogen-bond donors (Lipinski definition) is 1. The molecule has 0 heterocycles. The molecular formula is C12H13N3O5S. The fourth-order valence-electron chi connectivity index (χ4n) is 1.51. The van der Waals surface area contributed by atoms with Crippen LogP contribution in [0.4, 0.5) is 11.4 Å². The zero-order chi connectivity index (χ0) is 15.9. The Hall–Kier alpha value is -2.47. The van der Waals surface area contributed by atoms with Crippen LogP contribution in [0.5, 0.6) is 0 Å². The van der Waals surface area contributed by atoms with Gasteiger partial charge in [-0.05, 0) is 18.6 Å². The van der Waals surface area contributed by atoms with Crippen LogP contribution in [-0.4, -0.2) is 30.8 Å². The number of anilines is 1. The second-order valence-electron chi connectivity index (χ2n) is 4.21. The third-order valence-corrected chi connectivity index (χ3v) is 4.07. The van der Waals surface area contributed by atoms with E-state index in [0.717, 1.165) is 0 Å². The van der Waals surface area contributed by atoms with Crippen molar-refractivity contribution in [2.24, 2.45) is 0 Å². The molecular weight excluding hydrogens is 298 g/mol. The molecule has 1 N–H and O–H groups in total. The van der Waals surface area contributed by atoms with Gasteiger partial charge in [0, 0.05) is 24.2 Å². The van der Waals surface area contributed by atoms with E-state index in [1.165, 1.54) is 24.3 Å². The zero-order valence-electron chi connectivity index (χ0n) is 11.0. The van der Waals surface area contributed by atoms with Crippen molar-refractivity contribution < 1.29 is 18.1 Å². The van der Waals surface area contributed by atoms with Crippen LogP contribution in [0.25, 0.3) is 0 Å². The molecule has 1 aromatic rings. The maximum atomic E-state index is 11.6. The average Bonchev–Trinajstić information content (AvgIpc) is 2.38. The van der Waals surface area contributed by atoms with E-state index in [1.54, 1.807) is 0 Å². The summed E-state index contributed by atoms with van der Waals surface area (Å²) in [5, 5.41) is 21.1. The van der Waals surface area contributed by atoms with Gasteiger partial charge >= 0.3 is 0 Å². The van der Waals surface area contributed by atoms with Crippen LogP contribution in [-0.2, 0) is 14.6 Å². The number of amides is 1. The number of nitro groups is 1. The first-order valence-corrected chi connectivity index (χ1v) is 7.78. The standard InChI is InChI=1S/C12H13N3O5S/c13-7-1-2-8-21(19,20)9-12(16)14-10-3-5-11(6-4-10)15(17)18/h3-6H,1-2,8-9H2,(H,14,16). The van der Waals surface area contributed by atoms with Gasteiger partial charge in [0.1, 0.15) is 5.75 Å². The Balaban J connectivity index is 2.57. The minimum atomic E-state index is -3.57. The highest BCUT2D eigenvalue weighted by Gasteiger charge is 2.16. The van der Waals surface area contributed by atoms with Gasteiger partial charge in [-0.25, -0.2) is 8.42 Å². The largest absolute Gasteiger partial charge is 0.325 e. The molecule has 0 atom stereocenters. The summed E-state index contributed by atoms with van der Waals surface area (Å²) in [7, 11) is -3.57. The van der Waals surface area contributed by atoms with Gasteiger partial charge in [0.25, 0.3) is 5.69 Å². The number of hydrogen-bond acceptors (Lipinski definition) is 6. The Morgan fingerprint density at radius 1 is 1.33 bits per heavy atom. The predicted octanol–water partition coefficient (Wildman–Crippen LogP) is 1.25. The summed E-state index contributed by atoms with van der Waals surface area (Å²) in [4.78, 5) is 21.5. The van der Waals surface area contributed by atoms with Crippen LogP contribution in [0.2, 0.25) is 0 Å². The number of unbranched alkanes of at least 4 members (excludes halogenated alkanes) is 1. The van der Waals surface area contributed by atoms with Crippen molar-refractivity contribution in [1.82, 2.24) is 0 Å². The number of benzene rings is 1. The molecule has 0 unspecified atom stereocenters. The van der Waals surface area contributed by atoms with E-state index in [9.17, 15) is 23.3 Å². The van der Waals surface area contributed by atoms with E-state index in [4.69, 9.17) is 5.26 Å². The molecule has 8 nitrogen and oxygen atoms in total. The van der Waals surface area contributed by atoms with Crippen molar-refractivity contribution in [3.05, 3.63) is 34.4 Å². The lowest BCUT2D eigenvalue weighted by atomic mass is 10.3. The van der Waals surface area contributed by atoms with E-state index < -0.39 is 26.4 Å². The summed E-state index contributed by atoms with van der Waals surface area (Å²) in [5.41, 5.74) is 0.148. The van der Waals surface area contributed by atoms with Crippen LogP contribution < -0.4 is 5.32 Å². The van der Waals surface area contributed by atoms with Crippen LogP contribution in [0.3, 0.4) is 0 Å². The Labute approximate surface area is 121 Å². The number of non-ortho nitro benzene ring substituents is 1. The average molecular weight is 311 g/mol. The van der Waals surface area contributed by atoms with Crippen molar-refractivity contribution >= 4 is 27.1 Å². The lowest BCUT2D eigenvalue weighted by Crippen LogP contribution is -2.24. The van der Waals surface area contributed by atoms with E-state index in [2.05, 4.69) is 5.32 Å². The van der Waals surface area contributed by atoms with Crippen molar-refractivity contribution in [2.45, 2.75) is 12.8 Å². The maximum absolute atomic E-state index is 11.6. The van der Waals surface area contributed by atoms with Gasteiger partial charge < -0.3 is 5.32 Å². The smallest absolute Gasteiger partial charge is 0.269 e.